The molecule has 28 heavy (non-hydrogen) atoms. The minimum atomic E-state index is -0.161. The van der Waals surface area contributed by atoms with Crippen molar-refractivity contribution in [3.05, 3.63) is 29.8 Å². The molecule has 3 heterocycles. The average Bonchev–Trinajstić information content (AvgIpc) is 3.43. The zero-order chi connectivity index (χ0) is 19.5. The van der Waals surface area contributed by atoms with Gasteiger partial charge in [-0.3, -0.25) is 14.3 Å². The first-order valence-electron chi connectivity index (χ1n) is 10.1. The second-order valence-electron chi connectivity index (χ2n) is 7.82. The third-order valence-corrected chi connectivity index (χ3v) is 5.63. The minimum absolute atomic E-state index is 0.0601. The van der Waals surface area contributed by atoms with E-state index in [0.29, 0.717) is 12.2 Å². The number of nitrogens with one attached hydrogen (secondary N) is 1. The van der Waals surface area contributed by atoms with Crippen LogP contribution in [0.2, 0.25) is 0 Å². The number of hydrogen-bond donors (Lipinski definition) is 1. The van der Waals surface area contributed by atoms with Gasteiger partial charge in [0.1, 0.15) is 6.54 Å². The zero-order valence-electron chi connectivity index (χ0n) is 16.3. The Morgan fingerprint density at radius 2 is 2.00 bits per heavy atom. The summed E-state index contributed by atoms with van der Waals surface area (Å²) in [5.41, 5.74) is 1.24. The molecule has 2 amide bonds. The molecule has 0 aromatic carbocycles. The van der Waals surface area contributed by atoms with Gasteiger partial charge in [0.25, 0.3) is 5.91 Å². The van der Waals surface area contributed by atoms with E-state index in [1.807, 2.05) is 24.1 Å². The molecular formula is C19H27N7O2. The second kappa shape index (κ2) is 8.12. The van der Waals surface area contributed by atoms with E-state index >= 15 is 0 Å². The summed E-state index contributed by atoms with van der Waals surface area (Å²) >= 11 is 0. The fourth-order valence-electron chi connectivity index (χ4n) is 4.17. The minimum Gasteiger partial charge on any atom is -0.348 e. The molecule has 2 aromatic rings. The smallest absolute Gasteiger partial charge is 0.273 e. The van der Waals surface area contributed by atoms with Crippen LogP contribution in [0.25, 0.3) is 0 Å². The zero-order valence-corrected chi connectivity index (χ0v) is 16.3. The Morgan fingerprint density at radius 3 is 2.75 bits per heavy atom. The van der Waals surface area contributed by atoms with Gasteiger partial charge < -0.3 is 10.2 Å². The summed E-state index contributed by atoms with van der Waals surface area (Å²) in [5, 5.41) is 15.5. The van der Waals surface area contributed by atoms with Crippen molar-refractivity contribution in [3.8, 4) is 0 Å². The van der Waals surface area contributed by atoms with Gasteiger partial charge in [-0.1, -0.05) is 18.1 Å². The lowest BCUT2D eigenvalue weighted by molar-refractivity contribution is -0.133. The van der Waals surface area contributed by atoms with Crippen LogP contribution in [-0.2, 0) is 17.9 Å². The lowest BCUT2D eigenvalue weighted by atomic mass is 10.2. The van der Waals surface area contributed by atoms with Crippen LogP contribution in [0.15, 0.2) is 18.5 Å². The van der Waals surface area contributed by atoms with E-state index in [1.54, 1.807) is 15.6 Å². The monoisotopic (exact) mass is 385 g/mol. The largest absolute Gasteiger partial charge is 0.348 e. The maximum atomic E-state index is 12.7. The third kappa shape index (κ3) is 4.23. The Hall–Kier alpha value is -2.71. The normalized spacial score (nSPS) is 20.0. The molecule has 150 valence electrons. The van der Waals surface area contributed by atoms with Gasteiger partial charge in [-0.15, -0.1) is 5.10 Å². The number of aromatic nitrogens is 5. The Labute approximate surface area is 164 Å². The molecule has 1 atom stereocenters. The number of nitrogens with zero attached hydrogens (tertiary/aromatic N) is 6. The van der Waals surface area contributed by atoms with Crippen molar-refractivity contribution in [1.29, 1.82) is 0 Å². The van der Waals surface area contributed by atoms with Crippen molar-refractivity contribution < 1.29 is 9.59 Å². The van der Waals surface area contributed by atoms with Gasteiger partial charge in [0.2, 0.25) is 5.91 Å². The highest BCUT2D eigenvalue weighted by Gasteiger charge is 2.30. The van der Waals surface area contributed by atoms with E-state index in [4.69, 9.17) is 0 Å². The first-order valence-corrected chi connectivity index (χ1v) is 10.1. The van der Waals surface area contributed by atoms with Crippen LogP contribution in [0.4, 0.5) is 0 Å². The van der Waals surface area contributed by atoms with Crippen LogP contribution in [-0.4, -0.2) is 60.1 Å². The third-order valence-electron chi connectivity index (χ3n) is 5.63. The van der Waals surface area contributed by atoms with Gasteiger partial charge in [-0.25, -0.2) is 4.68 Å². The number of carbonyl (C=O) groups is 2. The van der Waals surface area contributed by atoms with Crippen molar-refractivity contribution in [2.75, 3.05) is 6.54 Å². The molecule has 2 fully saturated rings. The van der Waals surface area contributed by atoms with Crippen LogP contribution in [0.1, 0.15) is 54.7 Å². The fraction of sp³-hybridized carbons (Fsp3) is 0.632. The maximum absolute atomic E-state index is 12.7. The summed E-state index contributed by atoms with van der Waals surface area (Å²) in [6.45, 7) is 3.45. The molecule has 0 unspecified atom stereocenters. The number of rotatable bonds is 6. The summed E-state index contributed by atoms with van der Waals surface area (Å²) < 4.78 is 3.35. The SMILES string of the molecule is Cc1ccn(CC(=O)N2CCC[C@H]2Cn2cc(C(=O)NC3CCCC3)nn2)n1. The van der Waals surface area contributed by atoms with Crippen molar-refractivity contribution >= 4 is 11.8 Å². The van der Waals surface area contributed by atoms with Crippen LogP contribution < -0.4 is 5.32 Å². The molecule has 1 saturated heterocycles. The fourth-order valence-corrected chi connectivity index (χ4v) is 4.17. The maximum Gasteiger partial charge on any atom is 0.273 e. The molecule has 1 saturated carbocycles. The molecule has 0 spiro atoms. The molecule has 0 bridgehead atoms. The second-order valence-corrected chi connectivity index (χ2v) is 7.82. The van der Waals surface area contributed by atoms with E-state index < -0.39 is 0 Å². The van der Waals surface area contributed by atoms with Crippen LogP contribution in [0.3, 0.4) is 0 Å². The van der Waals surface area contributed by atoms with Gasteiger partial charge in [0.05, 0.1) is 24.5 Å². The molecule has 1 N–H and O–H groups in total. The molecule has 9 heteroatoms. The van der Waals surface area contributed by atoms with Gasteiger partial charge in [0, 0.05) is 18.8 Å². The molecule has 1 aliphatic carbocycles. The lowest BCUT2D eigenvalue weighted by Crippen LogP contribution is -2.40. The van der Waals surface area contributed by atoms with Crippen LogP contribution in [0.5, 0.6) is 0 Å². The average molecular weight is 385 g/mol. The van der Waals surface area contributed by atoms with Crippen LogP contribution >= 0.6 is 0 Å². The highest BCUT2D eigenvalue weighted by atomic mass is 16.2. The predicted molar refractivity (Wildman–Crippen MR) is 101 cm³/mol. The van der Waals surface area contributed by atoms with E-state index in [0.717, 1.165) is 37.9 Å². The number of amides is 2. The van der Waals surface area contributed by atoms with E-state index in [9.17, 15) is 9.59 Å². The Bertz CT molecular complexity index is 837. The number of likely N-dealkylation sites (tertiary alicyclic amines) is 1. The summed E-state index contributed by atoms with van der Waals surface area (Å²) in [6, 6.07) is 2.21. The lowest BCUT2D eigenvalue weighted by Gasteiger charge is -2.24. The highest BCUT2D eigenvalue weighted by molar-refractivity contribution is 5.92. The Morgan fingerprint density at radius 1 is 1.18 bits per heavy atom. The molecule has 2 aromatic heterocycles. The first kappa shape index (κ1) is 18.6. The van der Waals surface area contributed by atoms with Crippen molar-refractivity contribution in [1.82, 2.24) is 35.0 Å². The molecule has 2 aliphatic rings. The number of hydrogen-bond acceptors (Lipinski definition) is 5. The summed E-state index contributed by atoms with van der Waals surface area (Å²) in [4.78, 5) is 26.9. The number of aryl methyl sites for hydroxylation is 1. The van der Waals surface area contributed by atoms with Gasteiger partial charge >= 0.3 is 0 Å². The quantitative estimate of drug-likeness (QED) is 0.804. The standard InChI is InChI=1S/C19H27N7O2/c1-14-8-10-24(22-14)13-18(27)26-9-4-7-16(26)11-25-12-17(21-23-25)19(28)20-15-5-2-3-6-15/h8,10,12,15-16H,2-7,9,11,13H2,1H3,(H,20,28)/t16-/m0/s1. The summed E-state index contributed by atoms with van der Waals surface area (Å²) in [6.07, 6.45) is 9.81. The Balaban J connectivity index is 1.34. The Kier molecular flexibility index (Phi) is 5.40. The number of carbonyl (C=O) groups excluding carboxylic acids is 2. The van der Waals surface area contributed by atoms with Crippen molar-refractivity contribution in [2.45, 2.75) is 70.6 Å². The molecular weight excluding hydrogens is 358 g/mol. The van der Waals surface area contributed by atoms with E-state index in [-0.39, 0.29) is 30.4 Å². The van der Waals surface area contributed by atoms with E-state index in [2.05, 4.69) is 20.7 Å². The molecule has 9 nitrogen and oxygen atoms in total. The predicted octanol–water partition coefficient (Wildman–Crippen LogP) is 1.15. The van der Waals surface area contributed by atoms with Crippen LogP contribution in [0, 0.1) is 6.92 Å². The van der Waals surface area contributed by atoms with Gasteiger partial charge in [-0.2, -0.15) is 5.10 Å². The van der Waals surface area contributed by atoms with Gasteiger partial charge in [0.15, 0.2) is 5.69 Å². The molecule has 4 rings (SSSR count). The van der Waals surface area contributed by atoms with E-state index in [1.165, 1.54) is 12.8 Å². The van der Waals surface area contributed by atoms with Crippen molar-refractivity contribution in [3.63, 3.8) is 0 Å². The highest BCUT2D eigenvalue weighted by Crippen LogP contribution is 2.20. The van der Waals surface area contributed by atoms with Gasteiger partial charge in [-0.05, 0) is 38.7 Å². The molecule has 0 radical (unpaired) electrons. The molecule has 1 aliphatic heterocycles. The topological polar surface area (TPSA) is 97.9 Å². The van der Waals surface area contributed by atoms with Crippen molar-refractivity contribution in [2.24, 2.45) is 0 Å². The summed E-state index contributed by atoms with van der Waals surface area (Å²) in [5.74, 6) is -0.100. The first-order chi connectivity index (χ1) is 13.6. The summed E-state index contributed by atoms with van der Waals surface area (Å²) in [7, 11) is 0.